The molecule has 24 heavy (non-hydrogen) atoms. The number of likely N-dealkylation sites (N-methyl/N-ethyl adjacent to an activating group) is 1. The van der Waals surface area contributed by atoms with Crippen LogP contribution in [0.4, 0.5) is 4.39 Å². The van der Waals surface area contributed by atoms with Crippen molar-refractivity contribution in [1.29, 1.82) is 0 Å². The van der Waals surface area contributed by atoms with Crippen molar-refractivity contribution in [2.75, 3.05) is 59.9 Å². The molecule has 1 fully saturated rings. The van der Waals surface area contributed by atoms with Crippen molar-refractivity contribution in [1.82, 2.24) is 20.4 Å². The van der Waals surface area contributed by atoms with E-state index in [1.165, 1.54) is 31.6 Å². The first-order chi connectivity index (χ1) is 11.7. The van der Waals surface area contributed by atoms with E-state index in [0.717, 1.165) is 50.7 Å². The number of hydrogen-bond donors (Lipinski definition) is 2. The Balaban J connectivity index is 1.62. The van der Waals surface area contributed by atoms with E-state index in [9.17, 15) is 4.39 Å². The number of benzene rings is 1. The van der Waals surface area contributed by atoms with E-state index in [-0.39, 0.29) is 5.82 Å². The minimum atomic E-state index is -0.191. The second kappa shape index (κ2) is 10.3. The van der Waals surface area contributed by atoms with Crippen LogP contribution in [0.2, 0.25) is 0 Å². The number of nitrogens with zero attached hydrogens (tertiary/aromatic N) is 3. The van der Waals surface area contributed by atoms with Gasteiger partial charge in [-0.3, -0.25) is 4.99 Å². The van der Waals surface area contributed by atoms with E-state index < -0.39 is 0 Å². The quantitative estimate of drug-likeness (QED) is 0.605. The lowest BCUT2D eigenvalue weighted by Gasteiger charge is -2.21. The van der Waals surface area contributed by atoms with Crippen LogP contribution in [0.5, 0.6) is 0 Å². The Bertz CT molecular complexity index is 503. The van der Waals surface area contributed by atoms with Crippen LogP contribution in [0.3, 0.4) is 0 Å². The molecule has 134 valence electrons. The lowest BCUT2D eigenvalue weighted by molar-refractivity contribution is 0.280. The normalized spacial score (nSPS) is 17.5. The Morgan fingerprint density at radius 2 is 1.83 bits per heavy atom. The standard InChI is InChI=1S/C18H30FN5/c1-20-18(21-9-8-16-4-6-17(19)7-5-16)22-10-13-24-12-3-11-23(2)14-15-24/h4-7H,3,8-15H2,1-2H3,(H2,20,21,22). The Hall–Kier alpha value is -1.66. The zero-order valence-electron chi connectivity index (χ0n) is 14.9. The van der Waals surface area contributed by atoms with Crippen LogP contribution in [0.1, 0.15) is 12.0 Å². The molecule has 0 amide bonds. The summed E-state index contributed by atoms with van der Waals surface area (Å²) >= 11 is 0. The van der Waals surface area contributed by atoms with Crippen molar-refractivity contribution >= 4 is 5.96 Å². The Kier molecular flexibility index (Phi) is 7.98. The summed E-state index contributed by atoms with van der Waals surface area (Å²) in [5.74, 6) is 0.632. The van der Waals surface area contributed by atoms with Crippen molar-refractivity contribution in [3.8, 4) is 0 Å². The van der Waals surface area contributed by atoms with E-state index in [1.54, 1.807) is 7.05 Å². The fourth-order valence-corrected chi connectivity index (χ4v) is 2.85. The van der Waals surface area contributed by atoms with Gasteiger partial charge in [0.2, 0.25) is 0 Å². The maximum absolute atomic E-state index is 12.9. The highest BCUT2D eigenvalue weighted by atomic mass is 19.1. The fourth-order valence-electron chi connectivity index (χ4n) is 2.85. The second-order valence-corrected chi connectivity index (χ2v) is 6.30. The third kappa shape index (κ3) is 6.84. The summed E-state index contributed by atoms with van der Waals surface area (Å²) in [5.41, 5.74) is 1.12. The highest BCUT2D eigenvalue weighted by Crippen LogP contribution is 2.02. The van der Waals surface area contributed by atoms with Crippen LogP contribution >= 0.6 is 0 Å². The monoisotopic (exact) mass is 335 g/mol. The van der Waals surface area contributed by atoms with Crippen molar-refractivity contribution in [3.05, 3.63) is 35.6 Å². The van der Waals surface area contributed by atoms with Gasteiger partial charge in [-0.15, -0.1) is 0 Å². The van der Waals surface area contributed by atoms with Crippen LogP contribution in [-0.4, -0.2) is 75.7 Å². The summed E-state index contributed by atoms with van der Waals surface area (Å²) in [6, 6.07) is 6.65. The lowest BCUT2D eigenvalue weighted by Crippen LogP contribution is -2.42. The molecular formula is C18H30FN5. The van der Waals surface area contributed by atoms with Gasteiger partial charge in [-0.05, 0) is 50.7 Å². The number of nitrogens with one attached hydrogen (secondary N) is 2. The molecule has 0 saturated carbocycles. The van der Waals surface area contributed by atoms with Crippen LogP contribution in [0.25, 0.3) is 0 Å². The first-order valence-corrected chi connectivity index (χ1v) is 8.77. The molecule has 1 aromatic rings. The van der Waals surface area contributed by atoms with Crippen molar-refractivity contribution < 1.29 is 4.39 Å². The molecule has 0 atom stereocenters. The molecule has 1 aliphatic heterocycles. The average molecular weight is 335 g/mol. The fraction of sp³-hybridized carbons (Fsp3) is 0.611. The molecule has 0 aliphatic carbocycles. The van der Waals surface area contributed by atoms with Gasteiger partial charge in [-0.1, -0.05) is 12.1 Å². The first-order valence-electron chi connectivity index (χ1n) is 8.77. The third-order valence-electron chi connectivity index (χ3n) is 4.38. The van der Waals surface area contributed by atoms with Gasteiger partial charge >= 0.3 is 0 Å². The maximum atomic E-state index is 12.9. The highest BCUT2D eigenvalue weighted by Gasteiger charge is 2.11. The van der Waals surface area contributed by atoms with Crippen LogP contribution in [0, 0.1) is 5.82 Å². The molecule has 6 heteroatoms. The SMILES string of the molecule is CN=C(NCCc1ccc(F)cc1)NCCN1CCCN(C)CC1. The number of aliphatic imine (C=N–C) groups is 1. The van der Waals surface area contributed by atoms with Gasteiger partial charge in [0.05, 0.1) is 0 Å². The van der Waals surface area contributed by atoms with E-state index in [2.05, 4.69) is 32.5 Å². The molecule has 0 aromatic heterocycles. The Morgan fingerprint density at radius 3 is 2.58 bits per heavy atom. The molecule has 1 aromatic carbocycles. The van der Waals surface area contributed by atoms with Crippen molar-refractivity contribution in [2.24, 2.45) is 4.99 Å². The van der Waals surface area contributed by atoms with E-state index >= 15 is 0 Å². The highest BCUT2D eigenvalue weighted by molar-refractivity contribution is 5.79. The van der Waals surface area contributed by atoms with Crippen LogP contribution < -0.4 is 10.6 Å². The van der Waals surface area contributed by atoms with E-state index in [0.29, 0.717) is 0 Å². The zero-order valence-corrected chi connectivity index (χ0v) is 14.9. The molecule has 0 spiro atoms. The summed E-state index contributed by atoms with van der Waals surface area (Å²) in [7, 11) is 3.97. The van der Waals surface area contributed by atoms with Crippen LogP contribution in [0.15, 0.2) is 29.3 Å². The number of rotatable bonds is 6. The zero-order chi connectivity index (χ0) is 17.2. The number of hydrogen-bond acceptors (Lipinski definition) is 3. The largest absolute Gasteiger partial charge is 0.356 e. The van der Waals surface area contributed by atoms with Crippen LogP contribution in [-0.2, 0) is 6.42 Å². The summed E-state index contributed by atoms with van der Waals surface area (Å²) < 4.78 is 12.9. The summed E-state index contributed by atoms with van der Waals surface area (Å²) in [6.07, 6.45) is 2.08. The molecule has 5 nitrogen and oxygen atoms in total. The molecule has 0 bridgehead atoms. The van der Waals surface area contributed by atoms with Gasteiger partial charge in [0.1, 0.15) is 5.82 Å². The molecule has 2 N–H and O–H groups in total. The average Bonchev–Trinajstić information content (AvgIpc) is 2.79. The predicted molar refractivity (Wildman–Crippen MR) is 98.0 cm³/mol. The smallest absolute Gasteiger partial charge is 0.191 e. The minimum absolute atomic E-state index is 0.191. The number of halogens is 1. The molecule has 0 unspecified atom stereocenters. The third-order valence-corrected chi connectivity index (χ3v) is 4.38. The molecule has 0 radical (unpaired) electrons. The molecule has 1 heterocycles. The Labute approximate surface area is 144 Å². The molecular weight excluding hydrogens is 305 g/mol. The summed E-state index contributed by atoms with van der Waals surface area (Å²) in [4.78, 5) is 9.15. The second-order valence-electron chi connectivity index (χ2n) is 6.30. The van der Waals surface area contributed by atoms with E-state index in [4.69, 9.17) is 0 Å². The van der Waals surface area contributed by atoms with Gasteiger partial charge in [0.25, 0.3) is 0 Å². The minimum Gasteiger partial charge on any atom is -0.356 e. The van der Waals surface area contributed by atoms with E-state index in [1.807, 2.05) is 12.1 Å². The topological polar surface area (TPSA) is 42.9 Å². The molecule has 1 saturated heterocycles. The van der Waals surface area contributed by atoms with Gasteiger partial charge < -0.3 is 20.4 Å². The molecule has 1 aliphatic rings. The van der Waals surface area contributed by atoms with Crippen molar-refractivity contribution in [3.63, 3.8) is 0 Å². The molecule has 2 rings (SSSR count). The lowest BCUT2D eigenvalue weighted by atomic mass is 10.1. The summed E-state index contributed by atoms with van der Waals surface area (Å²) in [5, 5.41) is 6.68. The summed E-state index contributed by atoms with van der Waals surface area (Å²) in [6.45, 7) is 7.34. The van der Waals surface area contributed by atoms with Gasteiger partial charge in [-0.25, -0.2) is 4.39 Å². The van der Waals surface area contributed by atoms with Gasteiger partial charge in [-0.2, -0.15) is 0 Å². The van der Waals surface area contributed by atoms with Gasteiger partial charge in [0, 0.05) is 39.8 Å². The first kappa shape index (κ1) is 18.7. The predicted octanol–water partition coefficient (Wildman–Crippen LogP) is 1.17. The Morgan fingerprint density at radius 1 is 1.08 bits per heavy atom. The number of guanidine groups is 1. The van der Waals surface area contributed by atoms with Gasteiger partial charge in [0.15, 0.2) is 5.96 Å². The van der Waals surface area contributed by atoms with Crippen molar-refractivity contribution in [2.45, 2.75) is 12.8 Å². The maximum Gasteiger partial charge on any atom is 0.191 e.